The maximum Gasteiger partial charge on any atom is 0.126 e. The molecule has 0 amide bonds. The highest BCUT2D eigenvalue weighted by Crippen LogP contribution is 2.16. The summed E-state index contributed by atoms with van der Waals surface area (Å²) in [5, 5.41) is 3.08. The van der Waals surface area contributed by atoms with Crippen LogP contribution in [0.4, 0.5) is 4.39 Å². The molecule has 0 bridgehead atoms. The zero-order chi connectivity index (χ0) is 12.3. The van der Waals surface area contributed by atoms with E-state index in [9.17, 15) is 4.39 Å². The van der Waals surface area contributed by atoms with Gasteiger partial charge >= 0.3 is 0 Å². The molecule has 2 aromatic rings. The number of thiazole rings is 1. The van der Waals surface area contributed by atoms with Gasteiger partial charge in [0, 0.05) is 11.3 Å². The van der Waals surface area contributed by atoms with Crippen molar-refractivity contribution < 1.29 is 4.39 Å². The molecular formula is C13H13ClFNS. The van der Waals surface area contributed by atoms with Crippen LogP contribution in [0.5, 0.6) is 0 Å². The molecule has 1 aromatic heterocycles. The number of hydrogen-bond donors (Lipinski definition) is 0. The molecule has 17 heavy (non-hydrogen) atoms. The first-order chi connectivity index (χ1) is 8.19. The van der Waals surface area contributed by atoms with E-state index < -0.39 is 0 Å². The van der Waals surface area contributed by atoms with Gasteiger partial charge in [0.05, 0.1) is 10.7 Å². The van der Waals surface area contributed by atoms with E-state index in [0.717, 1.165) is 28.2 Å². The molecule has 0 aliphatic rings. The second-order valence-corrected chi connectivity index (χ2v) is 5.25. The first kappa shape index (κ1) is 12.5. The Balaban J connectivity index is 2.04. The SMILES string of the molecule is Cc1nc(CCc2ccc(CCl)cc2F)cs1. The van der Waals surface area contributed by atoms with Gasteiger partial charge in [0.15, 0.2) is 0 Å². The summed E-state index contributed by atoms with van der Waals surface area (Å²) in [6.45, 7) is 1.98. The molecule has 0 radical (unpaired) electrons. The van der Waals surface area contributed by atoms with Gasteiger partial charge in [0.25, 0.3) is 0 Å². The van der Waals surface area contributed by atoms with E-state index in [4.69, 9.17) is 11.6 Å². The van der Waals surface area contributed by atoms with Crippen molar-refractivity contribution in [2.24, 2.45) is 0 Å². The lowest BCUT2D eigenvalue weighted by molar-refractivity contribution is 0.606. The fourth-order valence-electron chi connectivity index (χ4n) is 1.66. The van der Waals surface area contributed by atoms with Crippen LogP contribution in [-0.4, -0.2) is 4.98 Å². The fourth-order valence-corrected chi connectivity index (χ4v) is 2.48. The summed E-state index contributed by atoms with van der Waals surface area (Å²) in [7, 11) is 0. The van der Waals surface area contributed by atoms with Crippen LogP contribution in [0.2, 0.25) is 0 Å². The van der Waals surface area contributed by atoms with E-state index in [2.05, 4.69) is 4.98 Å². The van der Waals surface area contributed by atoms with Crippen molar-refractivity contribution in [2.75, 3.05) is 0 Å². The molecule has 0 spiro atoms. The molecule has 0 unspecified atom stereocenters. The highest BCUT2D eigenvalue weighted by molar-refractivity contribution is 7.09. The molecule has 1 nitrogen and oxygen atoms in total. The number of rotatable bonds is 4. The third kappa shape index (κ3) is 3.27. The van der Waals surface area contributed by atoms with Gasteiger partial charge in [-0.15, -0.1) is 22.9 Å². The molecule has 90 valence electrons. The minimum Gasteiger partial charge on any atom is -0.247 e. The predicted molar refractivity (Wildman–Crippen MR) is 70.2 cm³/mol. The van der Waals surface area contributed by atoms with Crippen molar-refractivity contribution in [3.63, 3.8) is 0 Å². The van der Waals surface area contributed by atoms with Crippen molar-refractivity contribution in [3.05, 3.63) is 51.2 Å². The molecule has 2 rings (SSSR count). The number of benzene rings is 1. The summed E-state index contributed by atoms with van der Waals surface area (Å²) in [6.07, 6.45) is 1.46. The van der Waals surface area contributed by atoms with Crippen LogP contribution in [0.3, 0.4) is 0 Å². The molecule has 0 N–H and O–H groups in total. The maximum atomic E-state index is 13.7. The van der Waals surface area contributed by atoms with Crippen LogP contribution >= 0.6 is 22.9 Å². The van der Waals surface area contributed by atoms with Gasteiger partial charge in [-0.1, -0.05) is 12.1 Å². The fraction of sp³-hybridized carbons (Fsp3) is 0.308. The minimum absolute atomic E-state index is 0.171. The summed E-state index contributed by atoms with van der Waals surface area (Å²) in [5.41, 5.74) is 2.58. The zero-order valence-corrected chi connectivity index (χ0v) is 11.1. The molecule has 0 fully saturated rings. The lowest BCUT2D eigenvalue weighted by atomic mass is 10.1. The van der Waals surface area contributed by atoms with Crippen molar-refractivity contribution >= 4 is 22.9 Å². The quantitative estimate of drug-likeness (QED) is 0.761. The van der Waals surface area contributed by atoms with Crippen molar-refractivity contribution in [1.82, 2.24) is 4.98 Å². The first-order valence-electron chi connectivity index (χ1n) is 5.43. The Morgan fingerprint density at radius 1 is 1.35 bits per heavy atom. The molecule has 1 heterocycles. The zero-order valence-electron chi connectivity index (χ0n) is 9.54. The number of halogens is 2. The molecule has 1 aromatic carbocycles. The molecule has 0 aliphatic heterocycles. The summed E-state index contributed by atoms with van der Waals surface area (Å²) in [6, 6.07) is 5.19. The Labute approximate surface area is 109 Å². The summed E-state index contributed by atoms with van der Waals surface area (Å²) >= 11 is 7.28. The van der Waals surface area contributed by atoms with Crippen LogP contribution < -0.4 is 0 Å². The van der Waals surface area contributed by atoms with Crippen molar-refractivity contribution in [2.45, 2.75) is 25.6 Å². The van der Waals surface area contributed by atoms with E-state index >= 15 is 0 Å². The summed E-state index contributed by atoms with van der Waals surface area (Å²) < 4.78 is 13.7. The van der Waals surface area contributed by atoms with Crippen LogP contribution in [0.15, 0.2) is 23.6 Å². The third-order valence-electron chi connectivity index (χ3n) is 2.59. The minimum atomic E-state index is -0.171. The Morgan fingerprint density at radius 2 is 2.18 bits per heavy atom. The molecule has 4 heteroatoms. The van der Waals surface area contributed by atoms with E-state index in [0.29, 0.717) is 12.3 Å². The molecule has 0 atom stereocenters. The van der Waals surface area contributed by atoms with E-state index in [1.165, 1.54) is 6.07 Å². The topological polar surface area (TPSA) is 12.9 Å². The van der Waals surface area contributed by atoms with E-state index in [-0.39, 0.29) is 5.82 Å². The van der Waals surface area contributed by atoms with Gasteiger partial charge in [0.2, 0.25) is 0 Å². The van der Waals surface area contributed by atoms with Gasteiger partial charge in [-0.3, -0.25) is 0 Å². The lowest BCUT2D eigenvalue weighted by Crippen LogP contribution is -1.96. The first-order valence-corrected chi connectivity index (χ1v) is 6.84. The average molecular weight is 270 g/mol. The highest BCUT2D eigenvalue weighted by Gasteiger charge is 2.05. The average Bonchev–Trinajstić information content (AvgIpc) is 2.73. The van der Waals surface area contributed by atoms with Gasteiger partial charge < -0.3 is 0 Å². The van der Waals surface area contributed by atoms with Crippen LogP contribution in [0.25, 0.3) is 0 Å². The largest absolute Gasteiger partial charge is 0.247 e. The number of aromatic nitrogens is 1. The van der Waals surface area contributed by atoms with Gasteiger partial charge in [0.1, 0.15) is 5.82 Å². The molecule has 0 saturated carbocycles. The smallest absolute Gasteiger partial charge is 0.126 e. The Hall–Kier alpha value is -0.930. The standard InChI is InChI=1S/C13H13ClFNS/c1-9-16-12(8-17-9)5-4-11-3-2-10(7-14)6-13(11)15/h2-3,6,8H,4-5,7H2,1H3. The monoisotopic (exact) mass is 269 g/mol. The number of nitrogens with zero attached hydrogens (tertiary/aromatic N) is 1. The van der Waals surface area contributed by atoms with E-state index in [1.807, 2.05) is 24.4 Å². The summed E-state index contributed by atoms with van der Waals surface area (Å²) in [5.74, 6) is 0.178. The normalized spacial score (nSPS) is 10.8. The van der Waals surface area contributed by atoms with Crippen LogP contribution in [0.1, 0.15) is 21.8 Å². The van der Waals surface area contributed by atoms with Gasteiger partial charge in [-0.2, -0.15) is 0 Å². The second kappa shape index (κ2) is 5.61. The van der Waals surface area contributed by atoms with Crippen molar-refractivity contribution in [3.8, 4) is 0 Å². The van der Waals surface area contributed by atoms with Gasteiger partial charge in [-0.25, -0.2) is 9.37 Å². The molecular weight excluding hydrogens is 257 g/mol. The van der Waals surface area contributed by atoms with Crippen molar-refractivity contribution in [1.29, 1.82) is 0 Å². The molecule has 0 aliphatic carbocycles. The number of aryl methyl sites for hydroxylation is 3. The van der Waals surface area contributed by atoms with Gasteiger partial charge in [-0.05, 0) is 37.0 Å². The van der Waals surface area contributed by atoms with Crippen LogP contribution in [0, 0.1) is 12.7 Å². The Morgan fingerprint density at radius 3 is 2.76 bits per heavy atom. The second-order valence-electron chi connectivity index (χ2n) is 3.92. The number of alkyl halides is 1. The third-order valence-corrected chi connectivity index (χ3v) is 3.72. The number of hydrogen-bond acceptors (Lipinski definition) is 2. The summed E-state index contributed by atoms with van der Waals surface area (Å²) in [4.78, 5) is 4.36. The lowest BCUT2D eigenvalue weighted by Gasteiger charge is -2.03. The Kier molecular flexibility index (Phi) is 4.13. The van der Waals surface area contributed by atoms with E-state index in [1.54, 1.807) is 11.3 Å². The maximum absolute atomic E-state index is 13.7. The van der Waals surface area contributed by atoms with Crippen LogP contribution in [-0.2, 0) is 18.7 Å². The highest BCUT2D eigenvalue weighted by atomic mass is 35.5. The Bertz CT molecular complexity index is 510. The predicted octanol–water partition coefficient (Wildman–Crippen LogP) is 4.11. The molecule has 0 saturated heterocycles.